The molecule has 0 bridgehead atoms. The van der Waals surface area contributed by atoms with Gasteiger partial charge >= 0.3 is 6.09 Å². The lowest BCUT2D eigenvalue weighted by atomic mass is 9.75. The lowest BCUT2D eigenvalue weighted by Crippen LogP contribution is -2.48. The topological polar surface area (TPSA) is 50.4 Å². The lowest BCUT2D eigenvalue weighted by Gasteiger charge is -2.35. The van der Waals surface area contributed by atoms with E-state index < -0.39 is 11.7 Å². The number of amides is 1. The first kappa shape index (κ1) is 14.3. The van der Waals surface area contributed by atoms with Crippen LogP contribution in [-0.4, -0.2) is 17.7 Å². The van der Waals surface area contributed by atoms with Crippen molar-refractivity contribution >= 4 is 6.09 Å². The van der Waals surface area contributed by atoms with Gasteiger partial charge in [-0.15, -0.1) is 0 Å². The predicted octanol–water partition coefficient (Wildman–Crippen LogP) is 2.98. The molecule has 4 nitrogen and oxygen atoms in total. The van der Waals surface area contributed by atoms with Crippen molar-refractivity contribution in [3.63, 3.8) is 0 Å². The maximum atomic E-state index is 11.5. The van der Waals surface area contributed by atoms with Gasteiger partial charge < -0.3 is 4.74 Å². The molecular formula is C13H26N2O2. The zero-order valence-corrected chi connectivity index (χ0v) is 11.7. The highest BCUT2D eigenvalue weighted by molar-refractivity contribution is 5.67. The van der Waals surface area contributed by atoms with E-state index in [0.717, 1.165) is 12.8 Å². The number of rotatable bonds is 2. The van der Waals surface area contributed by atoms with Gasteiger partial charge in [0, 0.05) is 6.04 Å². The van der Waals surface area contributed by atoms with E-state index in [1.807, 2.05) is 20.8 Å². The van der Waals surface area contributed by atoms with E-state index in [9.17, 15) is 4.79 Å². The molecule has 0 aromatic heterocycles. The molecule has 100 valence electrons. The van der Waals surface area contributed by atoms with Crippen LogP contribution in [0.5, 0.6) is 0 Å². The van der Waals surface area contributed by atoms with Crippen molar-refractivity contribution in [2.75, 3.05) is 0 Å². The highest BCUT2D eigenvalue weighted by Gasteiger charge is 2.28. The molecule has 0 saturated heterocycles. The fraction of sp³-hybridized carbons (Fsp3) is 0.923. The molecule has 0 radical (unpaired) electrons. The van der Waals surface area contributed by atoms with Crippen LogP contribution in [0.2, 0.25) is 0 Å². The molecule has 0 aromatic rings. The molecule has 1 amide bonds. The number of hydrogen-bond acceptors (Lipinski definition) is 3. The maximum Gasteiger partial charge on any atom is 0.422 e. The second-order valence-electron chi connectivity index (χ2n) is 6.73. The number of carbonyl (C=O) groups excluding carboxylic acids is 1. The summed E-state index contributed by atoms with van der Waals surface area (Å²) in [6.07, 6.45) is 4.27. The van der Waals surface area contributed by atoms with Gasteiger partial charge in [-0.3, -0.25) is 5.43 Å². The molecule has 2 N–H and O–H groups in total. The van der Waals surface area contributed by atoms with E-state index >= 15 is 0 Å². The van der Waals surface area contributed by atoms with Gasteiger partial charge in [0.05, 0.1) is 0 Å². The van der Waals surface area contributed by atoms with Gasteiger partial charge in [0.2, 0.25) is 0 Å². The molecule has 0 aliphatic heterocycles. The third-order valence-electron chi connectivity index (χ3n) is 2.98. The Balaban J connectivity index is 2.29. The van der Waals surface area contributed by atoms with E-state index in [1.54, 1.807) is 0 Å². The molecule has 1 rings (SSSR count). The average molecular weight is 242 g/mol. The quantitative estimate of drug-likeness (QED) is 0.732. The minimum Gasteiger partial charge on any atom is -0.443 e. The third-order valence-corrected chi connectivity index (χ3v) is 2.98. The smallest absolute Gasteiger partial charge is 0.422 e. The van der Waals surface area contributed by atoms with E-state index in [-0.39, 0.29) is 0 Å². The van der Waals surface area contributed by atoms with E-state index in [0.29, 0.717) is 11.5 Å². The number of nitrogens with one attached hydrogen (secondary N) is 2. The van der Waals surface area contributed by atoms with Gasteiger partial charge in [-0.1, -0.05) is 20.3 Å². The summed E-state index contributed by atoms with van der Waals surface area (Å²) in [6.45, 7) is 10.1. The first-order chi connectivity index (χ1) is 7.68. The van der Waals surface area contributed by atoms with Gasteiger partial charge in [0.1, 0.15) is 5.60 Å². The molecule has 0 aromatic carbocycles. The van der Waals surface area contributed by atoms with Gasteiger partial charge in [0.25, 0.3) is 0 Å². The highest BCUT2D eigenvalue weighted by atomic mass is 16.6. The van der Waals surface area contributed by atoms with Crippen LogP contribution in [0, 0.1) is 5.41 Å². The SMILES string of the molecule is CC1(C)CCCC(NNC(=O)OC(C)(C)C)C1. The van der Waals surface area contributed by atoms with Gasteiger partial charge in [-0.05, 0) is 45.4 Å². The number of hydrazine groups is 1. The molecule has 17 heavy (non-hydrogen) atoms. The molecule has 1 aliphatic rings. The number of hydrogen-bond donors (Lipinski definition) is 2. The summed E-state index contributed by atoms with van der Waals surface area (Å²) in [7, 11) is 0. The van der Waals surface area contributed by atoms with Crippen molar-refractivity contribution in [3.8, 4) is 0 Å². The summed E-state index contributed by atoms with van der Waals surface area (Å²) in [6, 6.07) is 0.353. The molecule has 4 heteroatoms. The molecular weight excluding hydrogens is 216 g/mol. The fourth-order valence-electron chi connectivity index (χ4n) is 2.29. The van der Waals surface area contributed by atoms with Crippen LogP contribution in [0.1, 0.15) is 60.3 Å². The van der Waals surface area contributed by atoms with Crippen LogP contribution in [0.25, 0.3) is 0 Å². The first-order valence-corrected chi connectivity index (χ1v) is 6.42. The molecule has 0 heterocycles. The first-order valence-electron chi connectivity index (χ1n) is 6.42. The Morgan fingerprint density at radius 2 is 2.00 bits per heavy atom. The Bertz CT molecular complexity index is 269. The van der Waals surface area contributed by atoms with Crippen molar-refractivity contribution in [1.82, 2.24) is 10.9 Å². The Kier molecular flexibility index (Phi) is 4.42. The maximum absolute atomic E-state index is 11.5. The molecule has 1 unspecified atom stereocenters. The second kappa shape index (κ2) is 5.25. The normalized spacial score (nSPS) is 24.2. The molecule has 0 spiro atoms. The minimum atomic E-state index is -0.447. The Labute approximate surface area is 104 Å². The van der Waals surface area contributed by atoms with Crippen molar-refractivity contribution in [3.05, 3.63) is 0 Å². The van der Waals surface area contributed by atoms with Gasteiger partial charge in [0.15, 0.2) is 0 Å². The largest absolute Gasteiger partial charge is 0.443 e. The zero-order valence-electron chi connectivity index (χ0n) is 11.7. The summed E-state index contributed by atoms with van der Waals surface area (Å²) in [4.78, 5) is 11.5. The average Bonchev–Trinajstić information content (AvgIpc) is 2.10. The predicted molar refractivity (Wildman–Crippen MR) is 68.5 cm³/mol. The summed E-state index contributed by atoms with van der Waals surface area (Å²) < 4.78 is 5.17. The van der Waals surface area contributed by atoms with Crippen molar-refractivity contribution in [1.29, 1.82) is 0 Å². The van der Waals surface area contributed by atoms with Crippen LogP contribution in [0.3, 0.4) is 0 Å². The van der Waals surface area contributed by atoms with Crippen LogP contribution in [0.4, 0.5) is 4.79 Å². The van der Waals surface area contributed by atoms with Gasteiger partial charge in [-0.25, -0.2) is 10.2 Å². The molecule has 1 aliphatic carbocycles. The van der Waals surface area contributed by atoms with E-state index in [4.69, 9.17) is 4.74 Å². The van der Waals surface area contributed by atoms with Crippen LogP contribution < -0.4 is 10.9 Å². The molecule has 1 saturated carbocycles. The van der Waals surface area contributed by atoms with Crippen molar-refractivity contribution < 1.29 is 9.53 Å². The summed E-state index contributed by atoms with van der Waals surface area (Å²) in [5.41, 5.74) is 5.63. The van der Waals surface area contributed by atoms with Crippen LogP contribution >= 0.6 is 0 Å². The Hall–Kier alpha value is -0.770. The zero-order chi connectivity index (χ0) is 13.1. The van der Waals surface area contributed by atoms with Crippen LogP contribution in [-0.2, 0) is 4.74 Å². The fourth-order valence-corrected chi connectivity index (χ4v) is 2.29. The minimum absolute atomic E-state index is 0.353. The summed E-state index contributed by atoms with van der Waals surface area (Å²) in [5, 5.41) is 0. The van der Waals surface area contributed by atoms with Crippen molar-refractivity contribution in [2.45, 2.75) is 71.9 Å². The Morgan fingerprint density at radius 1 is 1.35 bits per heavy atom. The summed E-state index contributed by atoms with van der Waals surface area (Å²) in [5.74, 6) is 0. The summed E-state index contributed by atoms with van der Waals surface area (Å²) >= 11 is 0. The van der Waals surface area contributed by atoms with E-state index in [1.165, 1.54) is 12.8 Å². The molecule has 1 fully saturated rings. The van der Waals surface area contributed by atoms with Crippen LogP contribution in [0.15, 0.2) is 0 Å². The highest BCUT2D eigenvalue weighted by Crippen LogP contribution is 2.34. The second-order valence-corrected chi connectivity index (χ2v) is 6.73. The standard InChI is InChI=1S/C13H26N2O2/c1-12(2,3)17-11(16)15-14-10-7-6-8-13(4,5)9-10/h10,14H,6-9H2,1-5H3,(H,15,16). The monoisotopic (exact) mass is 242 g/mol. The molecule has 1 atom stereocenters. The van der Waals surface area contributed by atoms with Gasteiger partial charge in [-0.2, -0.15) is 0 Å². The van der Waals surface area contributed by atoms with E-state index in [2.05, 4.69) is 24.7 Å². The number of ether oxygens (including phenoxy) is 1. The lowest BCUT2D eigenvalue weighted by molar-refractivity contribution is 0.0469. The Morgan fingerprint density at radius 3 is 2.53 bits per heavy atom. The van der Waals surface area contributed by atoms with Crippen molar-refractivity contribution in [2.24, 2.45) is 5.41 Å². The third kappa shape index (κ3) is 5.91. The number of carbonyl (C=O) groups is 1.